The van der Waals surface area contributed by atoms with Crippen molar-refractivity contribution < 1.29 is 14.6 Å². The molecule has 0 atom stereocenters. The van der Waals surface area contributed by atoms with Crippen LogP contribution in [0.5, 0.6) is 17.2 Å². The predicted molar refractivity (Wildman–Crippen MR) is 127 cm³/mol. The lowest BCUT2D eigenvalue weighted by molar-refractivity contribution is 0.174. The minimum Gasteiger partial charge on any atom is -0.506 e. The maximum Gasteiger partial charge on any atom is 0.231 e. The van der Waals surface area contributed by atoms with Crippen molar-refractivity contribution in [2.75, 3.05) is 6.79 Å². The lowest BCUT2D eigenvalue weighted by Crippen LogP contribution is -2.14. The van der Waals surface area contributed by atoms with E-state index in [2.05, 4.69) is 63.7 Å². The largest absolute Gasteiger partial charge is 0.506 e. The number of hydrogen-bond acceptors (Lipinski definition) is 6. The monoisotopic (exact) mass is 550 g/mol. The summed E-state index contributed by atoms with van der Waals surface area (Å²) in [5.74, 6) is 1.71. The normalized spacial score (nSPS) is 13.4. The van der Waals surface area contributed by atoms with Gasteiger partial charge in [0.15, 0.2) is 11.5 Å². The summed E-state index contributed by atoms with van der Waals surface area (Å²) in [7, 11) is 0. The molecule has 4 rings (SSSR count). The highest BCUT2D eigenvalue weighted by atomic mass is 79.9. The highest BCUT2D eigenvalue weighted by Gasteiger charge is 2.24. The summed E-state index contributed by atoms with van der Waals surface area (Å²) in [6, 6.07) is 9.63. The molecule has 0 fully saturated rings. The third-order valence-corrected chi connectivity index (χ3v) is 6.60. The molecule has 2 heterocycles. The van der Waals surface area contributed by atoms with Crippen molar-refractivity contribution in [3.63, 3.8) is 0 Å². The van der Waals surface area contributed by atoms with E-state index in [0.717, 1.165) is 38.5 Å². The smallest absolute Gasteiger partial charge is 0.231 e. The lowest BCUT2D eigenvalue weighted by Gasteiger charge is -2.17. The minimum absolute atomic E-state index is 0.114. The van der Waals surface area contributed by atoms with Crippen LogP contribution in [-0.2, 0) is 11.8 Å². The molecule has 1 aliphatic heterocycles. The Balaban J connectivity index is 1.65. The van der Waals surface area contributed by atoms with Gasteiger partial charge in [-0.05, 0) is 45.8 Å². The van der Waals surface area contributed by atoms with Gasteiger partial charge in [-0.3, -0.25) is 0 Å². The zero-order valence-electron chi connectivity index (χ0n) is 16.7. The molecule has 156 valence electrons. The van der Waals surface area contributed by atoms with Crippen LogP contribution in [0.1, 0.15) is 42.5 Å². The van der Waals surface area contributed by atoms with E-state index >= 15 is 0 Å². The number of halogens is 2. The summed E-state index contributed by atoms with van der Waals surface area (Å²) in [5, 5.41) is 10.9. The molecule has 3 aromatic rings. The molecule has 0 bridgehead atoms. The summed E-state index contributed by atoms with van der Waals surface area (Å²) in [6.07, 6.45) is 2.38. The Morgan fingerprint density at radius 3 is 2.70 bits per heavy atom. The Hall–Kier alpha value is -1.90. The van der Waals surface area contributed by atoms with Gasteiger partial charge in [0.1, 0.15) is 5.75 Å². The number of hydrogen-bond donors (Lipinski definition) is 1. The van der Waals surface area contributed by atoms with E-state index in [9.17, 15) is 5.11 Å². The number of phenols is 1. The van der Waals surface area contributed by atoms with Crippen molar-refractivity contribution in [1.82, 2.24) is 4.98 Å². The number of thiazole rings is 1. The van der Waals surface area contributed by atoms with Gasteiger partial charge in [-0.25, -0.2) is 9.98 Å². The van der Waals surface area contributed by atoms with Crippen molar-refractivity contribution in [2.45, 2.75) is 32.6 Å². The van der Waals surface area contributed by atoms with Crippen LogP contribution in [0.15, 0.2) is 44.3 Å². The number of nitrogens with zero attached hydrogens (tertiary/aromatic N) is 2. The highest BCUT2D eigenvalue weighted by Crippen LogP contribution is 2.38. The van der Waals surface area contributed by atoms with Gasteiger partial charge < -0.3 is 14.6 Å². The number of rotatable bonds is 4. The number of phenolic OH excluding ortho intramolecular Hbond substituents is 1. The SMILES string of the molecule is CC(C)(C)c1nc(N=Cc2cc(Br)cc(Br)c2O)sc1Cc1ccc2c(c1)OCO2. The van der Waals surface area contributed by atoms with Crippen LogP contribution in [0.3, 0.4) is 0 Å². The Morgan fingerprint density at radius 1 is 1.17 bits per heavy atom. The van der Waals surface area contributed by atoms with Gasteiger partial charge in [-0.15, -0.1) is 0 Å². The second kappa shape index (κ2) is 8.32. The number of ether oxygens (including phenoxy) is 2. The molecule has 8 heteroatoms. The van der Waals surface area contributed by atoms with Crippen molar-refractivity contribution in [3.8, 4) is 17.2 Å². The van der Waals surface area contributed by atoms with Gasteiger partial charge in [0.25, 0.3) is 0 Å². The molecule has 0 saturated carbocycles. The first-order valence-corrected chi connectivity index (χ1v) is 11.7. The maximum absolute atomic E-state index is 10.3. The van der Waals surface area contributed by atoms with Crippen LogP contribution in [0, 0.1) is 0 Å². The molecule has 1 aromatic heterocycles. The summed E-state index contributed by atoms with van der Waals surface area (Å²) in [6.45, 7) is 6.71. The molecule has 1 N–H and O–H groups in total. The van der Waals surface area contributed by atoms with Crippen molar-refractivity contribution >= 4 is 54.5 Å². The van der Waals surface area contributed by atoms with E-state index < -0.39 is 0 Å². The number of aromatic hydroxyl groups is 1. The number of fused-ring (bicyclic) bond motifs is 1. The second-order valence-electron chi connectivity index (χ2n) is 7.97. The molecule has 5 nitrogen and oxygen atoms in total. The fourth-order valence-electron chi connectivity index (χ4n) is 3.15. The Labute approximate surface area is 196 Å². The number of aliphatic imine (C=N–C) groups is 1. The molecular formula is C22H20Br2N2O3S. The maximum atomic E-state index is 10.3. The zero-order valence-corrected chi connectivity index (χ0v) is 20.7. The van der Waals surface area contributed by atoms with Gasteiger partial charge in [0.05, 0.1) is 10.2 Å². The van der Waals surface area contributed by atoms with Gasteiger partial charge >= 0.3 is 0 Å². The van der Waals surface area contributed by atoms with E-state index in [0.29, 0.717) is 15.2 Å². The topological polar surface area (TPSA) is 63.9 Å². The molecule has 0 unspecified atom stereocenters. The lowest BCUT2D eigenvalue weighted by atomic mass is 9.90. The third-order valence-electron chi connectivity index (χ3n) is 4.57. The van der Waals surface area contributed by atoms with E-state index in [-0.39, 0.29) is 18.0 Å². The Morgan fingerprint density at radius 2 is 1.93 bits per heavy atom. The quantitative estimate of drug-likeness (QED) is 0.365. The van der Waals surface area contributed by atoms with Crippen LogP contribution in [0.25, 0.3) is 0 Å². The molecule has 0 aliphatic carbocycles. The molecule has 0 spiro atoms. The summed E-state index contributed by atoms with van der Waals surface area (Å²) in [5.41, 5.74) is 2.66. The van der Waals surface area contributed by atoms with Gasteiger partial charge in [0, 0.05) is 33.0 Å². The first kappa shape index (κ1) is 21.3. The fraction of sp³-hybridized carbons (Fsp3) is 0.273. The van der Waals surface area contributed by atoms with Crippen LogP contribution in [0.2, 0.25) is 0 Å². The molecule has 0 amide bonds. The fourth-order valence-corrected chi connectivity index (χ4v) is 5.55. The van der Waals surface area contributed by atoms with Crippen molar-refractivity contribution in [1.29, 1.82) is 0 Å². The van der Waals surface area contributed by atoms with Gasteiger partial charge in [-0.1, -0.05) is 54.1 Å². The molecule has 0 saturated heterocycles. The molecule has 30 heavy (non-hydrogen) atoms. The third kappa shape index (κ3) is 4.55. The van der Waals surface area contributed by atoms with E-state index in [1.54, 1.807) is 23.6 Å². The van der Waals surface area contributed by atoms with Crippen LogP contribution in [-0.4, -0.2) is 23.1 Å². The number of aromatic nitrogens is 1. The van der Waals surface area contributed by atoms with E-state index in [1.807, 2.05) is 18.2 Å². The Bertz CT molecular complexity index is 1140. The summed E-state index contributed by atoms with van der Waals surface area (Å²) >= 11 is 8.35. The molecular weight excluding hydrogens is 532 g/mol. The van der Waals surface area contributed by atoms with Crippen LogP contribution < -0.4 is 9.47 Å². The minimum atomic E-state index is -0.114. The summed E-state index contributed by atoms with van der Waals surface area (Å²) < 4.78 is 12.4. The highest BCUT2D eigenvalue weighted by molar-refractivity contribution is 9.11. The average molecular weight is 552 g/mol. The Kier molecular flexibility index (Phi) is 5.92. The van der Waals surface area contributed by atoms with Gasteiger partial charge in [-0.2, -0.15) is 0 Å². The molecule has 2 aromatic carbocycles. The standard InChI is InChI=1S/C22H20Br2N2O3S/c1-22(2,3)20-18(7-12-4-5-16-17(6-12)29-11-28-16)30-21(26-20)25-10-13-8-14(23)9-15(24)19(13)27/h4-6,8-10,27H,7,11H2,1-3H3. The molecule has 0 radical (unpaired) electrons. The predicted octanol–water partition coefficient (Wildman–Crippen LogP) is 6.74. The van der Waals surface area contributed by atoms with Crippen LogP contribution >= 0.6 is 43.2 Å². The molecule has 1 aliphatic rings. The van der Waals surface area contributed by atoms with E-state index in [1.165, 1.54) is 0 Å². The number of benzene rings is 2. The van der Waals surface area contributed by atoms with Crippen molar-refractivity contribution in [3.05, 3.63) is 61.0 Å². The summed E-state index contributed by atoms with van der Waals surface area (Å²) in [4.78, 5) is 10.5. The second-order valence-corrected chi connectivity index (χ2v) is 10.8. The van der Waals surface area contributed by atoms with Gasteiger partial charge in [0.2, 0.25) is 11.9 Å². The first-order valence-electron chi connectivity index (χ1n) is 9.31. The first-order chi connectivity index (χ1) is 14.2. The zero-order chi connectivity index (χ0) is 21.5. The average Bonchev–Trinajstić information content (AvgIpc) is 3.29. The van der Waals surface area contributed by atoms with E-state index in [4.69, 9.17) is 14.5 Å². The van der Waals surface area contributed by atoms with Crippen molar-refractivity contribution in [2.24, 2.45) is 4.99 Å². The van der Waals surface area contributed by atoms with Crippen LogP contribution in [0.4, 0.5) is 5.13 Å².